The number of ether oxygens (including phenoxy) is 1. The molecule has 0 saturated carbocycles. The fraction of sp³-hybridized carbons (Fsp3) is 0.297. The zero-order valence-electron chi connectivity index (χ0n) is 25.5. The van der Waals surface area contributed by atoms with Crippen LogP contribution in [0, 0.1) is 6.92 Å². The minimum absolute atomic E-state index is 0.139. The monoisotopic (exact) mass is 561 g/mol. The maximum Gasteiger partial charge on any atom is 0.210 e. The van der Waals surface area contributed by atoms with E-state index in [1.807, 2.05) is 0 Å². The van der Waals surface area contributed by atoms with Gasteiger partial charge in [0.2, 0.25) is 12.2 Å². The predicted molar refractivity (Wildman–Crippen MR) is 171 cm³/mol. The first-order valence-electron chi connectivity index (χ1n) is 14.7. The van der Waals surface area contributed by atoms with E-state index in [0.717, 1.165) is 23.5 Å². The van der Waals surface area contributed by atoms with Crippen molar-refractivity contribution in [3.8, 4) is 11.5 Å². The largest absolute Gasteiger partial charge is 0.508 e. The van der Waals surface area contributed by atoms with Crippen molar-refractivity contribution in [2.24, 2.45) is 0 Å². The number of benzene rings is 3. The van der Waals surface area contributed by atoms with Crippen LogP contribution in [0.4, 0.5) is 11.4 Å². The number of carbonyl (C=O) groups excluding carboxylic acids is 1. The molecule has 1 unspecified atom stereocenters. The van der Waals surface area contributed by atoms with Gasteiger partial charge in [0, 0.05) is 41.4 Å². The summed E-state index contributed by atoms with van der Waals surface area (Å²) < 4.78 is 8.33. The van der Waals surface area contributed by atoms with Gasteiger partial charge in [-0.3, -0.25) is 4.79 Å². The second kappa shape index (κ2) is 11.5. The van der Waals surface area contributed by atoms with Crippen LogP contribution >= 0.6 is 0 Å². The van der Waals surface area contributed by atoms with Crippen molar-refractivity contribution in [1.82, 2.24) is 0 Å². The van der Waals surface area contributed by atoms with Crippen LogP contribution < -0.4 is 9.64 Å². The Morgan fingerprint density at radius 2 is 1.71 bits per heavy atom. The molecule has 0 spiro atoms. The maximum absolute atomic E-state index is 12.2. The smallest absolute Gasteiger partial charge is 0.210 e. The molecule has 5 rings (SSSR count). The quantitative estimate of drug-likeness (QED) is 0.213. The molecule has 2 aliphatic heterocycles. The molecule has 3 aromatic rings. The predicted octanol–water partition coefficient (Wildman–Crippen LogP) is 7.89. The van der Waals surface area contributed by atoms with Gasteiger partial charge in [0.25, 0.3) is 0 Å². The highest BCUT2D eigenvalue weighted by Gasteiger charge is 2.45. The Balaban J connectivity index is 1.45. The molecule has 5 heteroatoms. The van der Waals surface area contributed by atoms with E-state index in [1.165, 1.54) is 22.4 Å². The highest BCUT2D eigenvalue weighted by atomic mass is 16.5. The van der Waals surface area contributed by atoms with Crippen LogP contribution in [0.1, 0.15) is 57.7 Å². The van der Waals surface area contributed by atoms with Gasteiger partial charge in [-0.1, -0.05) is 55.0 Å². The normalized spacial score (nSPS) is 20.1. The van der Waals surface area contributed by atoms with Crippen molar-refractivity contribution in [2.75, 3.05) is 18.2 Å². The topological polar surface area (TPSA) is 52.8 Å². The SMILES string of the molecule is CCC1(C)\C(=C/C=C/C=C/C2=[N+](CC(C)=O)c3ccc(C)cc3C2(C)C)N(COc2ccc(O)cc2)c2ccccc21. The van der Waals surface area contributed by atoms with Crippen LogP contribution in [0.5, 0.6) is 11.5 Å². The maximum atomic E-state index is 12.2. The summed E-state index contributed by atoms with van der Waals surface area (Å²) in [5, 5.41) is 9.65. The van der Waals surface area contributed by atoms with E-state index in [-0.39, 0.29) is 22.4 Å². The molecule has 0 saturated heterocycles. The van der Waals surface area contributed by atoms with Crippen molar-refractivity contribution < 1.29 is 19.2 Å². The van der Waals surface area contributed by atoms with E-state index in [4.69, 9.17) is 4.74 Å². The average molecular weight is 562 g/mol. The Kier molecular flexibility index (Phi) is 7.96. The summed E-state index contributed by atoms with van der Waals surface area (Å²) in [7, 11) is 0. The number of fused-ring (bicyclic) bond motifs is 2. The molecular weight excluding hydrogens is 520 g/mol. The third-order valence-corrected chi connectivity index (χ3v) is 8.71. The average Bonchev–Trinajstić information content (AvgIpc) is 3.32. The van der Waals surface area contributed by atoms with Gasteiger partial charge in [-0.25, -0.2) is 0 Å². The molecular formula is C37H41N2O3+. The van der Waals surface area contributed by atoms with E-state index in [0.29, 0.717) is 19.0 Å². The number of rotatable bonds is 9. The number of Topliss-reactive ketones (excluding diaryl/α,β-unsaturated/α-hetero) is 1. The standard InChI is InChI=1S/C37H40N2O3/c1-7-37(6)30-13-11-12-14-32(30)39(25-42-29-20-18-28(41)19-21-29)35(37)16-10-8-9-15-34-36(4,5)31-23-26(2)17-22-33(31)38(34)24-27(3)40/h8-23H,7,24-25H2,1-6H3/p+1. The van der Waals surface area contributed by atoms with Crippen molar-refractivity contribution in [2.45, 2.75) is 58.8 Å². The second-order valence-electron chi connectivity index (χ2n) is 12.0. The van der Waals surface area contributed by atoms with Gasteiger partial charge in [0.05, 0.1) is 5.41 Å². The van der Waals surface area contributed by atoms with Gasteiger partial charge in [-0.2, -0.15) is 4.58 Å². The molecule has 0 aromatic heterocycles. The van der Waals surface area contributed by atoms with Gasteiger partial charge in [0.1, 0.15) is 11.5 Å². The number of anilines is 1. The Labute approximate surface area is 249 Å². The first kappa shape index (κ1) is 29.1. The molecule has 1 atom stereocenters. The molecule has 42 heavy (non-hydrogen) atoms. The van der Waals surface area contributed by atoms with Crippen molar-refractivity contribution in [3.05, 3.63) is 119 Å². The third-order valence-electron chi connectivity index (χ3n) is 8.71. The molecule has 2 heterocycles. The fourth-order valence-electron chi connectivity index (χ4n) is 6.25. The molecule has 1 N–H and O–H groups in total. The number of carbonyl (C=O) groups is 1. The summed E-state index contributed by atoms with van der Waals surface area (Å²) in [4.78, 5) is 14.4. The molecule has 0 radical (unpaired) electrons. The number of phenols is 1. The van der Waals surface area contributed by atoms with Crippen LogP contribution in [0.2, 0.25) is 0 Å². The van der Waals surface area contributed by atoms with Crippen LogP contribution in [0.25, 0.3) is 0 Å². The molecule has 0 bridgehead atoms. The van der Waals surface area contributed by atoms with Gasteiger partial charge >= 0.3 is 0 Å². The lowest BCUT2D eigenvalue weighted by atomic mass is 9.79. The number of nitrogens with zero attached hydrogens (tertiary/aromatic N) is 2. The first-order chi connectivity index (χ1) is 20.1. The Hall–Kier alpha value is -4.38. The molecule has 5 nitrogen and oxygen atoms in total. The van der Waals surface area contributed by atoms with E-state index in [2.05, 4.69) is 117 Å². The minimum Gasteiger partial charge on any atom is -0.508 e. The lowest BCUT2D eigenvalue weighted by Gasteiger charge is -2.29. The van der Waals surface area contributed by atoms with Crippen molar-refractivity contribution in [1.29, 1.82) is 0 Å². The molecule has 216 valence electrons. The summed E-state index contributed by atoms with van der Waals surface area (Å²) in [6.07, 6.45) is 11.5. The lowest BCUT2D eigenvalue weighted by molar-refractivity contribution is -0.424. The number of hydrogen-bond donors (Lipinski definition) is 1. The van der Waals surface area contributed by atoms with Gasteiger partial charge in [-0.05, 0) is 82.2 Å². The van der Waals surface area contributed by atoms with Gasteiger partial charge < -0.3 is 14.7 Å². The Morgan fingerprint density at radius 1 is 0.976 bits per heavy atom. The number of aromatic hydroxyl groups is 1. The number of phenolic OH excluding ortho intramolecular Hbond substituents is 1. The van der Waals surface area contributed by atoms with Crippen LogP contribution in [0.3, 0.4) is 0 Å². The number of aryl methyl sites for hydroxylation is 1. The zero-order valence-corrected chi connectivity index (χ0v) is 25.5. The highest BCUT2D eigenvalue weighted by molar-refractivity contribution is 6.03. The number of para-hydroxylation sites is 1. The number of hydrogen-bond acceptors (Lipinski definition) is 4. The summed E-state index contributed by atoms with van der Waals surface area (Å²) >= 11 is 0. The Bertz CT molecular complexity index is 1620. The highest BCUT2D eigenvalue weighted by Crippen LogP contribution is 2.49. The van der Waals surface area contributed by atoms with Crippen molar-refractivity contribution in [3.63, 3.8) is 0 Å². The van der Waals surface area contributed by atoms with E-state index in [1.54, 1.807) is 31.2 Å². The molecule has 3 aromatic carbocycles. The third kappa shape index (κ3) is 5.32. The summed E-state index contributed by atoms with van der Waals surface area (Å²) in [5.74, 6) is 1.06. The fourth-order valence-corrected chi connectivity index (χ4v) is 6.25. The van der Waals surface area contributed by atoms with E-state index < -0.39 is 0 Å². The second-order valence-corrected chi connectivity index (χ2v) is 12.0. The zero-order chi connectivity index (χ0) is 30.1. The van der Waals surface area contributed by atoms with Gasteiger partial charge in [0.15, 0.2) is 18.2 Å². The number of ketones is 1. The van der Waals surface area contributed by atoms with Gasteiger partial charge in [-0.15, -0.1) is 0 Å². The lowest BCUT2D eigenvalue weighted by Crippen LogP contribution is -2.30. The minimum atomic E-state index is -0.212. The first-order valence-corrected chi connectivity index (χ1v) is 14.7. The molecule has 0 fully saturated rings. The summed E-state index contributed by atoms with van der Waals surface area (Å²) in [6, 6.07) is 21.8. The summed E-state index contributed by atoms with van der Waals surface area (Å²) in [6.45, 7) is 13.4. The van der Waals surface area contributed by atoms with Crippen LogP contribution in [0.15, 0.2) is 103 Å². The Morgan fingerprint density at radius 3 is 2.43 bits per heavy atom. The van der Waals surface area contributed by atoms with Crippen molar-refractivity contribution >= 4 is 22.9 Å². The van der Waals surface area contributed by atoms with E-state index in [9.17, 15) is 9.90 Å². The van der Waals surface area contributed by atoms with E-state index >= 15 is 0 Å². The summed E-state index contributed by atoms with van der Waals surface area (Å²) in [5.41, 5.74) is 7.92. The molecule has 0 amide bonds. The van der Waals surface area contributed by atoms with Crippen LogP contribution in [-0.4, -0.2) is 34.5 Å². The molecule has 0 aliphatic carbocycles. The number of allylic oxidation sites excluding steroid dienone is 6. The molecule has 2 aliphatic rings. The van der Waals surface area contributed by atoms with Crippen LogP contribution in [-0.2, 0) is 15.6 Å².